The van der Waals surface area contributed by atoms with Crippen LogP contribution in [0.3, 0.4) is 0 Å². The van der Waals surface area contributed by atoms with E-state index in [0.29, 0.717) is 6.04 Å². The molecule has 2 heteroatoms. The minimum absolute atomic E-state index is 0.0268. The number of aryl methyl sites for hydroxylation is 1. The third-order valence-electron chi connectivity index (χ3n) is 3.12. The van der Waals surface area contributed by atoms with Gasteiger partial charge in [-0.15, -0.1) is 0 Å². The van der Waals surface area contributed by atoms with Crippen LogP contribution >= 0.6 is 0 Å². The third kappa shape index (κ3) is 3.83. The van der Waals surface area contributed by atoms with Crippen LogP contribution in [0.4, 0.5) is 0 Å². The summed E-state index contributed by atoms with van der Waals surface area (Å²) in [7, 11) is 1.95. The number of rotatable bonds is 6. The molecule has 0 heterocycles. The number of para-hydroxylation sites is 1. The number of hydrogen-bond acceptors (Lipinski definition) is 2. The quantitative estimate of drug-likeness (QED) is 0.850. The highest BCUT2D eigenvalue weighted by atomic mass is 16.5. The summed E-state index contributed by atoms with van der Waals surface area (Å²) in [6.45, 7) is 2.88. The Kier molecular flexibility index (Phi) is 4.48. The highest BCUT2D eigenvalue weighted by Crippen LogP contribution is 2.26. The highest BCUT2D eigenvalue weighted by molar-refractivity contribution is 5.33. The Morgan fingerprint density at radius 2 is 1.95 bits per heavy atom. The lowest BCUT2D eigenvalue weighted by molar-refractivity contribution is 0.193. The molecule has 0 aliphatic heterocycles. The number of ether oxygens (including phenoxy) is 1. The van der Waals surface area contributed by atoms with E-state index in [1.807, 2.05) is 44.3 Å². The van der Waals surface area contributed by atoms with Gasteiger partial charge in [0.15, 0.2) is 0 Å². The summed E-state index contributed by atoms with van der Waals surface area (Å²) in [5.41, 5.74) is 2.18. The van der Waals surface area contributed by atoms with E-state index in [-0.39, 0.29) is 6.10 Å². The Balaban J connectivity index is 2.19. The van der Waals surface area contributed by atoms with E-state index in [4.69, 9.17) is 6.11 Å². The van der Waals surface area contributed by atoms with Gasteiger partial charge in [0.05, 0.1) is 1.37 Å². The maximum absolute atomic E-state index is 7.62. The topological polar surface area (TPSA) is 21.3 Å². The molecule has 0 saturated carbocycles. The van der Waals surface area contributed by atoms with E-state index in [2.05, 4.69) is 17.4 Å². The highest BCUT2D eigenvalue weighted by Gasteiger charge is 2.13. The molecule has 2 aromatic rings. The van der Waals surface area contributed by atoms with Crippen LogP contribution in [0.5, 0.6) is 5.75 Å². The van der Waals surface area contributed by atoms with Crippen molar-refractivity contribution in [2.75, 3.05) is 13.6 Å². The van der Waals surface area contributed by atoms with E-state index in [1.54, 1.807) is 6.07 Å². The SMILES string of the molecule is [2H]c1ccc(O[C@H](CCNC)c2ccccc2)c(C)c1. The van der Waals surface area contributed by atoms with Gasteiger partial charge in [-0.1, -0.05) is 48.5 Å². The van der Waals surface area contributed by atoms with Crippen molar-refractivity contribution in [1.29, 1.82) is 0 Å². The first kappa shape index (κ1) is 12.2. The second-order valence-corrected chi connectivity index (χ2v) is 4.60. The molecule has 0 amide bonds. The minimum Gasteiger partial charge on any atom is -0.485 e. The number of nitrogens with one attached hydrogen (secondary N) is 1. The zero-order valence-electron chi connectivity index (χ0n) is 12.5. The number of benzene rings is 2. The van der Waals surface area contributed by atoms with E-state index in [0.717, 1.165) is 24.3 Å². The van der Waals surface area contributed by atoms with Gasteiger partial charge in [-0.25, -0.2) is 0 Å². The van der Waals surface area contributed by atoms with Gasteiger partial charge in [0.2, 0.25) is 0 Å². The standard InChI is InChI=1S/C17H21NO/c1-14-8-6-7-11-16(14)19-17(12-13-18-2)15-9-4-3-5-10-15/h3-11,17-18H,12-13H2,1-2H3/t17-/m1/s1/i6D. The molecule has 0 aliphatic carbocycles. The molecular weight excluding hydrogens is 234 g/mol. The summed E-state index contributed by atoms with van der Waals surface area (Å²) in [5.74, 6) is 0.853. The van der Waals surface area contributed by atoms with Crippen molar-refractivity contribution in [3.63, 3.8) is 0 Å². The fourth-order valence-electron chi connectivity index (χ4n) is 2.02. The molecule has 0 aromatic heterocycles. The van der Waals surface area contributed by atoms with Gasteiger partial charge in [0.1, 0.15) is 11.9 Å². The Morgan fingerprint density at radius 3 is 2.63 bits per heavy atom. The molecule has 0 saturated heterocycles. The van der Waals surface area contributed by atoms with Crippen LogP contribution in [0, 0.1) is 6.92 Å². The first-order valence-corrected chi connectivity index (χ1v) is 6.64. The van der Waals surface area contributed by atoms with Crippen molar-refractivity contribution >= 4 is 0 Å². The first-order chi connectivity index (χ1) is 9.70. The van der Waals surface area contributed by atoms with Crippen molar-refractivity contribution < 1.29 is 6.11 Å². The zero-order chi connectivity index (χ0) is 14.4. The van der Waals surface area contributed by atoms with Crippen molar-refractivity contribution in [2.45, 2.75) is 19.4 Å². The molecule has 0 bridgehead atoms. The Labute approximate surface area is 116 Å². The van der Waals surface area contributed by atoms with Gasteiger partial charge < -0.3 is 10.1 Å². The summed E-state index contributed by atoms with van der Waals surface area (Å²) in [6.07, 6.45) is 0.932. The predicted molar refractivity (Wildman–Crippen MR) is 79.5 cm³/mol. The Hall–Kier alpha value is -1.80. The molecule has 0 spiro atoms. The predicted octanol–water partition coefficient (Wildman–Crippen LogP) is 3.72. The molecule has 1 atom stereocenters. The normalized spacial score (nSPS) is 12.8. The summed E-state index contributed by atoms with van der Waals surface area (Å²) in [6, 6.07) is 16.3. The summed E-state index contributed by atoms with van der Waals surface area (Å²) in [4.78, 5) is 0. The van der Waals surface area contributed by atoms with E-state index in [9.17, 15) is 0 Å². The molecular formula is C17H21NO. The molecule has 2 rings (SSSR count). The van der Waals surface area contributed by atoms with Crippen molar-refractivity contribution in [2.24, 2.45) is 0 Å². The molecule has 100 valence electrons. The fraction of sp³-hybridized carbons (Fsp3) is 0.294. The summed E-state index contributed by atoms with van der Waals surface area (Å²) in [5, 5.41) is 3.17. The van der Waals surface area contributed by atoms with Crippen molar-refractivity contribution in [3.05, 3.63) is 65.7 Å². The molecule has 2 nitrogen and oxygen atoms in total. The summed E-state index contributed by atoms with van der Waals surface area (Å²) < 4.78 is 13.8. The zero-order valence-corrected chi connectivity index (χ0v) is 11.5. The molecule has 0 radical (unpaired) electrons. The Bertz CT molecular complexity index is 542. The van der Waals surface area contributed by atoms with Gasteiger partial charge in [-0.05, 0) is 37.7 Å². The van der Waals surface area contributed by atoms with Crippen LogP contribution in [0.2, 0.25) is 0 Å². The Morgan fingerprint density at radius 1 is 1.16 bits per heavy atom. The molecule has 0 fully saturated rings. The second kappa shape index (κ2) is 6.95. The van der Waals surface area contributed by atoms with Crippen LogP contribution in [0.1, 0.15) is 25.0 Å². The third-order valence-corrected chi connectivity index (χ3v) is 3.12. The second-order valence-electron chi connectivity index (χ2n) is 4.60. The van der Waals surface area contributed by atoms with E-state index < -0.39 is 0 Å². The van der Waals surface area contributed by atoms with Gasteiger partial charge in [0, 0.05) is 6.42 Å². The van der Waals surface area contributed by atoms with Crippen LogP contribution in [-0.2, 0) is 0 Å². The average Bonchev–Trinajstić information content (AvgIpc) is 2.46. The van der Waals surface area contributed by atoms with Gasteiger partial charge in [-0.3, -0.25) is 0 Å². The molecule has 1 N–H and O–H groups in total. The fourth-order valence-corrected chi connectivity index (χ4v) is 2.02. The maximum atomic E-state index is 7.62. The lowest BCUT2D eigenvalue weighted by Gasteiger charge is -2.20. The smallest absolute Gasteiger partial charge is 0.125 e. The molecule has 0 unspecified atom stereocenters. The van der Waals surface area contributed by atoms with Crippen LogP contribution < -0.4 is 10.1 Å². The van der Waals surface area contributed by atoms with Gasteiger partial charge in [0.25, 0.3) is 0 Å². The van der Waals surface area contributed by atoms with Crippen LogP contribution in [-0.4, -0.2) is 13.6 Å². The monoisotopic (exact) mass is 256 g/mol. The molecule has 19 heavy (non-hydrogen) atoms. The largest absolute Gasteiger partial charge is 0.485 e. The minimum atomic E-state index is 0.0268. The average molecular weight is 256 g/mol. The lowest BCUT2D eigenvalue weighted by Crippen LogP contribution is -2.16. The lowest BCUT2D eigenvalue weighted by atomic mass is 10.1. The van der Waals surface area contributed by atoms with Crippen LogP contribution in [0.25, 0.3) is 0 Å². The first-order valence-electron chi connectivity index (χ1n) is 7.14. The van der Waals surface area contributed by atoms with Gasteiger partial charge >= 0.3 is 0 Å². The van der Waals surface area contributed by atoms with Gasteiger partial charge in [-0.2, -0.15) is 0 Å². The summed E-state index contributed by atoms with van der Waals surface area (Å²) >= 11 is 0. The van der Waals surface area contributed by atoms with Crippen molar-refractivity contribution in [1.82, 2.24) is 5.32 Å². The number of hydrogen-bond donors (Lipinski definition) is 1. The molecule has 2 aromatic carbocycles. The van der Waals surface area contributed by atoms with Crippen molar-refractivity contribution in [3.8, 4) is 5.75 Å². The van der Waals surface area contributed by atoms with E-state index >= 15 is 0 Å². The molecule has 0 aliphatic rings. The van der Waals surface area contributed by atoms with Crippen LogP contribution in [0.15, 0.2) is 54.6 Å². The van der Waals surface area contributed by atoms with E-state index in [1.165, 1.54) is 5.56 Å². The maximum Gasteiger partial charge on any atom is 0.125 e.